The number of methoxy groups -OCH3 is 2. The van der Waals surface area contributed by atoms with Gasteiger partial charge >= 0.3 is 6.03 Å². The highest BCUT2D eigenvalue weighted by molar-refractivity contribution is 5.89. The van der Waals surface area contributed by atoms with Crippen LogP contribution in [0.5, 0.6) is 0 Å². The Hall–Kier alpha value is -3.30. The third kappa shape index (κ3) is 5.74. The number of para-hydroxylation sites is 2. The maximum absolute atomic E-state index is 14.2. The van der Waals surface area contributed by atoms with E-state index < -0.39 is 17.9 Å². The van der Waals surface area contributed by atoms with Gasteiger partial charge in [0.2, 0.25) is 0 Å². The Balaban J connectivity index is 2.02. The second-order valence-corrected chi connectivity index (χ2v) is 7.56. The number of halogens is 1. The van der Waals surface area contributed by atoms with Crippen molar-refractivity contribution in [3.8, 4) is 0 Å². The number of carbonyl (C=O) groups is 1. The molecule has 1 N–H and O–H groups in total. The number of aromatic nitrogens is 2. The Morgan fingerprint density at radius 3 is 2.55 bits per heavy atom. The number of hydrogen-bond donors (Lipinski definition) is 1. The van der Waals surface area contributed by atoms with Crippen molar-refractivity contribution in [1.82, 2.24) is 14.5 Å². The summed E-state index contributed by atoms with van der Waals surface area (Å²) in [6, 6.07) is 12.0. The maximum Gasteiger partial charge on any atom is 0.322 e. The lowest BCUT2D eigenvalue weighted by Crippen LogP contribution is -2.41. The molecule has 8 nitrogen and oxygen atoms in total. The number of nitrogens with one attached hydrogen (secondary N) is 1. The van der Waals surface area contributed by atoms with Gasteiger partial charge in [0.05, 0.1) is 35.8 Å². The molecule has 3 rings (SSSR count). The Labute approximate surface area is 191 Å². The molecule has 0 aliphatic rings. The van der Waals surface area contributed by atoms with Crippen LogP contribution in [0.25, 0.3) is 10.9 Å². The van der Waals surface area contributed by atoms with Crippen LogP contribution in [0.4, 0.5) is 14.9 Å². The van der Waals surface area contributed by atoms with E-state index in [0.717, 1.165) is 0 Å². The number of fused-ring (bicyclic) bond motifs is 1. The van der Waals surface area contributed by atoms with Crippen LogP contribution in [-0.4, -0.2) is 54.5 Å². The number of carbonyl (C=O) groups excluding carboxylic acids is 1. The molecule has 0 radical (unpaired) electrons. The summed E-state index contributed by atoms with van der Waals surface area (Å²) < 4.78 is 26.0. The van der Waals surface area contributed by atoms with Crippen molar-refractivity contribution < 1.29 is 18.7 Å². The fourth-order valence-corrected chi connectivity index (χ4v) is 3.64. The second-order valence-electron chi connectivity index (χ2n) is 7.56. The van der Waals surface area contributed by atoms with Gasteiger partial charge in [0.1, 0.15) is 11.6 Å². The second kappa shape index (κ2) is 11.5. The van der Waals surface area contributed by atoms with Crippen molar-refractivity contribution in [3.63, 3.8) is 0 Å². The molecule has 176 valence electrons. The van der Waals surface area contributed by atoms with Gasteiger partial charge < -0.3 is 19.7 Å². The van der Waals surface area contributed by atoms with Crippen LogP contribution >= 0.6 is 0 Å². The van der Waals surface area contributed by atoms with Gasteiger partial charge in [-0.15, -0.1) is 0 Å². The zero-order valence-corrected chi connectivity index (χ0v) is 19.1. The highest BCUT2D eigenvalue weighted by Gasteiger charge is 2.26. The largest absolute Gasteiger partial charge is 0.385 e. The summed E-state index contributed by atoms with van der Waals surface area (Å²) in [5.74, 6) is -0.104. The summed E-state index contributed by atoms with van der Waals surface area (Å²) in [6.45, 7) is 3.16. The summed E-state index contributed by atoms with van der Waals surface area (Å²) in [4.78, 5) is 32.7. The number of benzene rings is 2. The first-order valence-electron chi connectivity index (χ1n) is 10.8. The zero-order chi connectivity index (χ0) is 23.8. The van der Waals surface area contributed by atoms with E-state index >= 15 is 0 Å². The quantitative estimate of drug-likeness (QED) is 0.469. The molecule has 0 saturated heterocycles. The number of hydrogen-bond acceptors (Lipinski definition) is 5. The number of ether oxygens (including phenoxy) is 2. The molecule has 2 amide bonds. The highest BCUT2D eigenvalue weighted by atomic mass is 19.1. The van der Waals surface area contributed by atoms with Gasteiger partial charge in [-0.05, 0) is 37.6 Å². The lowest BCUT2D eigenvalue weighted by molar-refractivity contribution is 0.155. The summed E-state index contributed by atoms with van der Waals surface area (Å²) in [7, 11) is 3.14. The van der Waals surface area contributed by atoms with Crippen molar-refractivity contribution in [3.05, 3.63) is 70.5 Å². The molecule has 1 unspecified atom stereocenters. The van der Waals surface area contributed by atoms with Crippen molar-refractivity contribution in [1.29, 1.82) is 0 Å². The maximum atomic E-state index is 14.2. The molecule has 3 aromatic rings. The van der Waals surface area contributed by atoms with E-state index in [0.29, 0.717) is 42.9 Å². The van der Waals surface area contributed by atoms with E-state index in [1.54, 1.807) is 51.5 Å². The Kier molecular flexibility index (Phi) is 8.51. The molecular formula is C24H29FN4O4. The molecule has 0 saturated carbocycles. The fraction of sp³-hybridized carbons (Fsp3) is 0.375. The fourth-order valence-electron chi connectivity index (χ4n) is 3.64. The third-order valence-electron chi connectivity index (χ3n) is 5.38. The summed E-state index contributed by atoms with van der Waals surface area (Å²) >= 11 is 0. The van der Waals surface area contributed by atoms with Crippen LogP contribution in [-0.2, 0) is 16.0 Å². The molecule has 0 aliphatic carbocycles. The van der Waals surface area contributed by atoms with Gasteiger partial charge in [0.25, 0.3) is 5.56 Å². The molecule has 2 aromatic carbocycles. The minimum absolute atomic E-state index is 0.0784. The third-order valence-corrected chi connectivity index (χ3v) is 5.38. The minimum Gasteiger partial charge on any atom is -0.385 e. The molecule has 1 aromatic heterocycles. The SMILES string of the molecule is COCCCN(C(=O)Nc1ccccc1F)C(C)c1nc2ccccc2c(=O)n1CCOC. The van der Waals surface area contributed by atoms with E-state index in [-0.39, 0.29) is 17.8 Å². The number of nitrogens with zero attached hydrogens (tertiary/aromatic N) is 3. The lowest BCUT2D eigenvalue weighted by Gasteiger charge is -2.30. The van der Waals surface area contributed by atoms with Crippen molar-refractivity contribution in [2.45, 2.75) is 25.9 Å². The van der Waals surface area contributed by atoms with Gasteiger partial charge in [0, 0.05) is 27.4 Å². The molecule has 1 heterocycles. The Morgan fingerprint density at radius 1 is 1.12 bits per heavy atom. The smallest absolute Gasteiger partial charge is 0.322 e. The summed E-state index contributed by atoms with van der Waals surface area (Å²) in [5.41, 5.74) is 0.421. The molecule has 0 bridgehead atoms. The van der Waals surface area contributed by atoms with Gasteiger partial charge in [-0.1, -0.05) is 24.3 Å². The molecule has 0 aliphatic heterocycles. The van der Waals surface area contributed by atoms with Crippen LogP contribution in [0.3, 0.4) is 0 Å². The molecule has 1 atom stereocenters. The summed E-state index contributed by atoms with van der Waals surface area (Å²) in [6.07, 6.45) is 0.557. The number of anilines is 1. The van der Waals surface area contributed by atoms with Gasteiger partial charge in [0.15, 0.2) is 0 Å². The lowest BCUT2D eigenvalue weighted by atomic mass is 10.2. The van der Waals surface area contributed by atoms with Crippen molar-refractivity contribution >= 4 is 22.6 Å². The predicted octanol–water partition coefficient (Wildman–Crippen LogP) is 3.81. The zero-order valence-electron chi connectivity index (χ0n) is 19.1. The van der Waals surface area contributed by atoms with Crippen LogP contribution in [0.15, 0.2) is 53.3 Å². The molecule has 33 heavy (non-hydrogen) atoms. The van der Waals surface area contributed by atoms with E-state index in [9.17, 15) is 14.0 Å². The molecule has 9 heteroatoms. The minimum atomic E-state index is -0.581. The average molecular weight is 457 g/mol. The van der Waals surface area contributed by atoms with Gasteiger partial charge in [-0.25, -0.2) is 14.2 Å². The topological polar surface area (TPSA) is 85.7 Å². The average Bonchev–Trinajstić information content (AvgIpc) is 2.82. The number of urea groups is 1. The van der Waals surface area contributed by atoms with Crippen LogP contribution < -0.4 is 10.9 Å². The first-order valence-corrected chi connectivity index (χ1v) is 10.8. The Morgan fingerprint density at radius 2 is 1.82 bits per heavy atom. The van der Waals surface area contributed by atoms with Crippen LogP contribution in [0, 0.1) is 5.82 Å². The summed E-state index contributed by atoms with van der Waals surface area (Å²) in [5, 5.41) is 3.13. The highest BCUT2D eigenvalue weighted by Crippen LogP contribution is 2.22. The van der Waals surface area contributed by atoms with E-state index in [1.807, 2.05) is 6.07 Å². The van der Waals surface area contributed by atoms with Crippen molar-refractivity contribution in [2.75, 3.05) is 39.3 Å². The predicted molar refractivity (Wildman–Crippen MR) is 125 cm³/mol. The first kappa shape index (κ1) is 24.3. The first-order chi connectivity index (χ1) is 16.0. The Bertz CT molecular complexity index is 1150. The van der Waals surface area contributed by atoms with Crippen LogP contribution in [0.1, 0.15) is 25.2 Å². The standard InChI is InChI=1S/C24H29FN4O4/c1-17(22-26-20-11-6-4-9-18(20)23(30)29(22)14-16-33-3)28(13-8-15-32-2)24(31)27-21-12-7-5-10-19(21)25/h4-7,9-12,17H,8,13-16H2,1-3H3,(H,27,31). The number of amides is 2. The number of rotatable bonds is 10. The van der Waals surface area contributed by atoms with Crippen LogP contribution in [0.2, 0.25) is 0 Å². The molecular weight excluding hydrogens is 427 g/mol. The van der Waals surface area contributed by atoms with E-state index in [1.165, 1.54) is 21.6 Å². The van der Waals surface area contributed by atoms with E-state index in [2.05, 4.69) is 5.32 Å². The van der Waals surface area contributed by atoms with Gasteiger partial charge in [-0.2, -0.15) is 0 Å². The normalized spacial score (nSPS) is 12.0. The van der Waals surface area contributed by atoms with E-state index in [4.69, 9.17) is 14.5 Å². The monoisotopic (exact) mass is 456 g/mol. The van der Waals surface area contributed by atoms with Gasteiger partial charge in [-0.3, -0.25) is 9.36 Å². The van der Waals surface area contributed by atoms with Crippen molar-refractivity contribution in [2.24, 2.45) is 0 Å². The molecule has 0 fully saturated rings. The molecule has 0 spiro atoms.